The van der Waals surface area contributed by atoms with E-state index in [0.29, 0.717) is 5.75 Å². The zero-order chi connectivity index (χ0) is 12.8. The van der Waals surface area contributed by atoms with Crippen LogP contribution < -0.4 is 4.74 Å². The Kier molecular flexibility index (Phi) is 4.15. The van der Waals surface area contributed by atoms with E-state index in [4.69, 9.17) is 16.3 Å². The number of carbonyl (C=O) groups is 1. The van der Waals surface area contributed by atoms with Crippen LogP contribution in [0.4, 0.5) is 4.79 Å². The quantitative estimate of drug-likeness (QED) is 0.594. The van der Waals surface area contributed by atoms with Crippen molar-refractivity contribution in [2.24, 2.45) is 0 Å². The largest absolute Gasteiger partial charge is 0.415 e. The molecule has 0 fully saturated rings. The van der Waals surface area contributed by atoms with Gasteiger partial charge in [0.2, 0.25) is 0 Å². The van der Waals surface area contributed by atoms with Crippen molar-refractivity contribution in [3.8, 4) is 5.75 Å². The maximum absolute atomic E-state index is 10.5. The Hall–Kier alpha value is -2.06. The van der Waals surface area contributed by atoms with Gasteiger partial charge < -0.3 is 4.74 Å². The van der Waals surface area contributed by atoms with E-state index >= 15 is 0 Å². The zero-order valence-electron chi connectivity index (χ0n) is 9.55. The second-order valence-electron chi connectivity index (χ2n) is 3.65. The molecule has 0 bridgehead atoms. The Balaban J connectivity index is 2.06. The molecule has 3 heteroatoms. The van der Waals surface area contributed by atoms with Gasteiger partial charge in [-0.3, -0.25) is 0 Å². The zero-order valence-corrected chi connectivity index (χ0v) is 10.3. The van der Waals surface area contributed by atoms with Gasteiger partial charge in [-0.15, -0.1) is 0 Å². The summed E-state index contributed by atoms with van der Waals surface area (Å²) in [5.74, 6) is 0.437. The summed E-state index contributed by atoms with van der Waals surface area (Å²) in [6.07, 6.45) is 4.00. The molecule has 2 aromatic rings. The summed E-state index contributed by atoms with van der Waals surface area (Å²) in [5.41, 5.74) is 1.32. The van der Waals surface area contributed by atoms with E-state index in [2.05, 4.69) is 0 Å². The molecule has 0 saturated heterocycles. The highest BCUT2D eigenvalue weighted by molar-refractivity contribution is 6.61. The Labute approximate surface area is 110 Å². The van der Waals surface area contributed by atoms with Gasteiger partial charge >= 0.3 is 5.43 Å². The highest BCUT2D eigenvalue weighted by Gasteiger charge is 1.98. The molecule has 0 atom stereocenters. The van der Waals surface area contributed by atoms with E-state index in [1.807, 2.05) is 54.6 Å². The second-order valence-corrected chi connectivity index (χ2v) is 3.96. The number of benzene rings is 2. The van der Waals surface area contributed by atoms with Gasteiger partial charge in [-0.1, -0.05) is 54.6 Å². The minimum Gasteiger partial charge on any atom is -0.415 e. The van der Waals surface area contributed by atoms with Gasteiger partial charge in [0.25, 0.3) is 0 Å². The van der Waals surface area contributed by atoms with Crippen molar-refractivity contribution < 1.29 is 9.53 Å². The molecule has 0 aliphatic heterocycles. The van der Waals surface area contributed by atoms with Gasteiger partial charge in [0.05, 0.1) is 0 Å². The van der Waals surface area contributed by atoms with E-state index in [-0.39, 0.29) is 0 Å². The molecule has 0 radical (unpaired) electrons. The van der Waals surface area contributed by atoms with Crippen molar-refractivity contribution in [3.63, 3.8) is 0 Å². The molecular formula is C15H11ClO2. The molecule has 0 unspecified atom stereocenters. The van der Waals surface area contributed by atoms with Crippen LogP contribution >= 0.6 is 11.6 Å². The van der Waals surface area contributed by atoms with Gasteiger partial charge in [-0.25, -0.2) is 4.79 Å². The van der Waals surface area contributed by atoms with Crippen LogP contribution in [0.1, 0.15) is 11.1 Å². The van der Waals surface area contributed by atoms with Gasteiger partial charge in [0.15, 0.2) is 0 Å². The highest BCUT2D eigenvalue weighted by atomic mass is 35.5. The van der Waals surface area contributed by atoms with Crippen LogP contribution in [0, 0.1) is 0 Å². The molecule has 0 aliphatic carbocycles. The lowest BCUT2D eigenvalue weighted by molar-refractivity contribution is 0.225. The topological polar surface area (TPSA) is 26.3 Å². The molecule has 0 heterocycles. The van der Waals surface area contributed by atoms with Crippen LogP contribution in [-0.4, -0.2) is 5.43 Å². The van der Waals surface area contributed by atoms with Crippen LogP contribution in [0.15, 0.2) is 54.6 Å². The second kappa shape index (κ2) is 6.03. The number of halogens is 1. The van der Waals surface area contributed by atoms with E-state index in [9.17, 15) is 4.79 Å². The molecule has 0 aliphatic rings. The fourth-order valence-electron chi connectivity index (χ4n) is 1.50. The van der Waals surface area contributed by atoms with Crippen LogP contribution in [0.3, 0.4) is 0 Å². The summed E-state index contributed by atoms with van der Waals surface area (Å²) >= 11 is 5.12. The minimum atomic E-state index is -0.831. The van der Waals surface area contributed by atoms with E-state index in [1.165, 1.54) is 0 Å². The van der Waals surface area contributed by atoms with E-state index in [0.717, 1.165) is 11.1 Å². The molecule has 0 spiro atoms. The number of carbonyl (C=O) groups excluding carboxylic acids is 1. The first-order chi connectivity index (χ1) is 8.74. The first kappa shape index (κ1) is 12.4. The summed E-state index contributed by atoms with van der Waals surface area (Å²) in [4.78, 5) is 10.5. The maximum Gasteiger partial charge on any atom is 0.409 e. The van der Waals surface area contributed by atoms with Crippen molar-refractivity contribution >= 4 is 29.2 Å². The standard InChI is InChI=1S/C15H11ClO2/c16-15(17)18-14-10-8-13(9-11-14)7-6-12-4-2-1-3-5-12/h1-11H. The molecule has 18 heavy (non-hydrogen) atoms. The summed E-state index contributed by atoms with van der Waals surface area (Å²) in [7, 11) is 0. The third-order valence-electron chi connectivity index (χ3n) is 2.35. The van der Waals surface area contributed by atoms with Crippen molar-refractivity contribution in [2.75, 3.05) is 0 Å². The van der Waals surface area contributed by atoms with E-state index < -0.39 is 5.43 Å². The Morgan fingerprint density at radius 2 is 1.44 bits per heavy atom. The molecule has 2 nitrogen and oxygen atoms in total. The molecule has 0 amide bonds. The predicted octanol–water partition coefficient (Wildman–Crippen LogP) is 4.59. The molecule has 2 aromatic carbocycles. The van der Waals surface area contributed by atoms with E-state index in [1.54, 1.807) is 12.1 Å². The third kappa shape index (κ3) is 3.75. The summed E-state index contributed by atoms with van der Waals surface area (Å²) in [5, 5.41) is 0. The smallest absolute Gasteiger partial charge is 0.409 e. The average Bonchev–Trinajstić information content (AvgIpc) is 2.38. The van der Waals surface area contributed by atoms with Crippen molar-refractivity contribution in [1.82, 2.24) is 0 Å². The predicted molar refractivity (Wildman–Crippen MR) is 73.7 cm³/mol. The summed E-state index contributed by atoms with van der Waals surface area (Å²) < 4.78 is 4.73. The van der Waals surface area contributed by atoms with Gasteiger partial charge in [-0.05, 0) is 23.3 Å². The number of rotatable bonds is 3. The lowest BCUT2D eigenvalue weighted by Gasteiger charge is -1.99. The summed E-state index contributed by atoms with van der Waals surface area (Å²) in [6.45, 7) is 0. The third-order valence-corrected chi connectivity index (χ3v) is 2.42. The molecular weight excluding hydrogens is 248 g/mol. The van der Waals surface area contributed by atoms with Crippen LogP contribution in [-0.2, 0) is 0 Å². The molecule has 0 saturated carbocycles. The molecule has 0 N–H and O–H groups in total. The van der Waals surface area contributed by atoms with Crippen molar-refractivity contribution in [2.45, 2.75) is 0 Å². The van der Waals surface area contributed by atoms with Crippen LogP contribution in [0.5, 0.6) is 5.75 Å². The van der Waals surface area contributed by atoms with Crippen molar-refractivity contribution in [1.29, 1.82) is 0 Å². The summed E-state index contributed by atoms with van der Waals surface area (Å²) in [6, 6.07) is 17.1. The fraction of sp³-hybridized carbons (Fsp3) is 0. The molecule has 2 rings (SSSR count). The molecule has 90 valence electrons. The van der Waals surface area contributed by atoms with Gasteiger partial charge in [0.1, 0.15) is 5.75 Å². The number of hydrogen-bond donors (Lipinski definition) is 0. The Bertz CT molecular complexity index is 544. The number of hydrogen-bond acceptors (Lipinski definition) is 2. The Morgan fingerprint density at radius 3 is 2.00 bits per heavy atom. The lowest BCUT2D eigenvalue weighted by Crippen LogP contribution is -1.95. The minimum absolute atomic E-state index is 0.437. The van der Waals surface area contributed by atoms with Crippen LogP contribution in [0.2, 0.25) is 0 Å². The normalized spacial score (nSPS) is 10.5. The van der Waals surface area contributed by atoms with Crippen molar-refractivity contribution in [3.05, 3.63) is 65.7 Å². The monoisotopic (exact) mass is 258 g/mol. The van der Waals surface area contributed by atoms with Crippen LogP contribution in [0.25, 0.3) is 12.2 Å². The average molecular weight is 259 g/mol. The first-order valence-electron chi connectivity index (χ1n) is 5.44. The first-order valence-corrected chi connectivity index (χ1v) is 5.82. The molecule has 0 aromatic heterocycles. The fourth-order valence-corrected chi connectivity index (χ4v) is 1.59. The SMILES string of the molecule is O=C(Cl)Oc1ccc(C=Cc2ccccc2)cc1. The Morgan fingerprint density at radius 1 is 0.889 bits per heavy atom. The highest BCUT2D eigenvalue weighted by Crippen LogP contribution is 2.15. The van der Waals surface area contributed by atoms with Gasteiger partial charge in [0, 0.05) is 11.6 Å². The lowest BCUT2D eigenvalue weighted by atomic mass is 10.1. The number of ether oxygens (including phenoxy) is 1. The van der Waals surface area contributed by atoms with Gasteiger partial charge in [-0.2, -0.15) is 0 Å². The maximum atomic E-state index is 10.5.